The van der Waals surface area contributed by atoms with Gasteiger partial charge in [0, 0.05) is 24.5 Å². The van der Waals surface area contributed by atoms with Crippen LogP contribution in [0, 0.1) is 0 Å². The quantitative estimate of drug-likeness (QED) is 0.911. The number of nitrogens with zero attached hydrogens (tertiary/aromatic N) is 2. The third-order valence-corrected chi connectivity index (χ3v) is 4.82. The minimum atomic E-state index is 0.526. The molecule has 1 aromatic heterocycles. The fourth-order valence-corrected chi connectivity index (χ4v) is 3.74. The number of hydrogen-bond donors (Lipinski definition) is 1. The summed E-state index contributed by atoms with van der Waals surface area (Å²) in [4.78, 5) is 7.17. The maximum Gasteiger partial charge on any atom is 0.183 e. The Morgan fingerprint density at radius 1 is 1.33 bits per heavy atom. The average molecular weight is 301 g/mol. The van der Waals surface area contributed by atoms with Crippen molar-refractivity contribution in [2.45, 2.75) is 38.8 Å². The van der Waals surface area contributed by atoms with Gasteiger partial charge in [-0.2, -0.15) is 0 Å². The molecule has 2 aromatic rings. The molecule has 1 aromatic carbocycles. The lowest BCUT2D eigenvalue weighted by Crippen LogP contribution is -2.41. The Kier molecular flexibility index (Phi) is 4.88. The number of rotatable bonds is 5. The van der Waals surface area contributed by atoms with Crippen molar-refractivity contribution >= 4 is 16.5 Å². The van der Waals surface area contributed by atoms with Crippen molar-refractivity contribution in [1.82, 2.24) is 9.88 Å². The van der Waals surface area contributed by atoms with E-state index in [9.17, 15) is 0 Å². The van der Waals surface area contributed by atoms with E-state index in [2.05, 4.69) is 57.8 Å². The van der Waals surface area contributed by atoms with Gasteiger partial charge < -0.3 is 5.32 Å². The highest BCUT2D eigenvalue weighted by Gasteiger charge is 2.20. The third-order valence-electron chi connectivity index (χ3n) is 4.00. The van der Waals surface area contributed by atoms with Gasteiger partial charge in [0.05, 0.1) is 5.69 Å². The molecule has 1 atom stereocenters. The van der Waals surface area contributed by atoms with Crippen LogP contribution >= 0.6 is 11.3 Å². The normalized spacial score (nSPS) is 19.6. The lowest BCUT2D eigenvalue weighted by molar-refractivity contribution is 0.208. The number of nitrogens with one attached hydrogen (secondary N) is 1. The van der Waals surface area contributed by atoms with Crippen LogP contribution in [0.3, 0.4) is 0 Å². The molecule has 1 unspecified atom stereocenters. The SMILES string of the molecule is CCc1csc(NC2CCCN(Cc3ccccc3)C2)n1. The molecule has 112 valence electrons. The molecule has 0 bridgehead atoms. The standard InChI is InChI=1S/C17H23N3S/c1-2-15-13-21-17(18-15)19-16-9-6-10-20(12-16)11-14-7-4-3-5-8-14/h3-5,7-8,13,16H,2,6,9-12H2,1H3,(H,18,19). The highest BCUT2D eigenvalue weighted by atomic mass is 32.1. The molecule has 21 heavy (non-hydrogen) atoms. The summed E-state index contributed by atoms with van der Waals surface area (Å²) in [5.41, 5.74) is 2.60. The van der Waals surface area contributed by atoms with Gasteiger partial charge in [-0.05, 0) is 31.4 Å². The van der Waals surface area contributed by atoms with E-state index < -0.39 is 0 Å². The van der Waals surface area contributed by atoms with E-state index in [-0.39, 0.29) is 0 Å². The van der Waals surface area contributed by atoms with Gasteiger partial charge in [-0.25, -0.2) is 4.98 Å². The smallest absolute Gasteiger partial charge is 0.183 e. The van der Waals surface area contributed by atoms with Crippen molar-refractivity contribution < 1.29 is 0 Å². The average Bonchev–Trinajstić information content (AvgIpc) is 2.96. The first-order valence-electron chi connectivity index (χ1n) is 7.80. The lowest BCUT2D eigenvalue weighted by atomic mass is 10.1. The summed E-state index contributed by atoms with van der Waals surface area (Å²) in [7, 11) is 0. The Morgan fingerprint density at radius 3 is 2.95 bits per heavy atom. The van der Waals surface area contributed by atoms with E-state index in [0.29, 0.717) is 6.04 Å². The largest absolute Gasteiger partial charge is 0.357 e. The van der Waals surface area contributed by atoms with Crippen LogP contribution in [0.4, 0.5) is 5.13 Å². The van der Waals surface area contributed by atoms with Crippen molar-refractivity contribution in [3.63, 3.8) is 0 Å². The summed E-state index contributed by atoms with van der Waals surface area (Å²) in [6, 6.07) is 11.3. The molecule has 1 aliphatic rings. The molecule has 0 saturated carbocycles. The molecule has 2 heterocycles. The summed E-state index contributed by atoms with van der Waals surface area (Å²) >= 11 is 1.73. The molecule has 0 radical (unpaired) electrons. The van der Waals surface area contributed by atoms with Crippen molar-refractivity contribution in [1.29, 1.82) is 0 Å². The van der Waals surface area contributed by atoms with Crippen molar-refractivity contribution in [3.8, 4) is 0 Å². The van der Waals surface area contributed by atoms with Crippen LogP contribution in [-0.2, 0) is 13.0 Å². The van der Waals surface area contributed by atoms with Gasteiger partial charge in [-0.1, -0.05) is 37.3 Å². The Bertz CT molecular complexity index is 552. The summed E-state index contributed by atoms with van der Waals surface area (Å²) in [5.74, 6) is 0. The second kappa shape index (κ2) is 7.05. The maximum absolute atomic E-state index is 4.62. The molecule has 1 N–H and O–H groups in total. The van der Waals surface area contributed by atoms with E-state index in [0.717, 1.165) is 24.6 Å². The fourth-order valence-electron chi connectivity index (χ4n) is 2.87. The van der Waals surface area contributed by atoms with Gasteiger partial charge in [0.1, 0.15) is 0 Å². The number of benzene rings is 1. The molecule has 1 aliphatic heterocycles. The summed E-state index contributed by atoms with van der Waals surface area (Å²) in [6.07, 6.45) is 3.52. The van der Waals surface area contributed by atoms with Gasteiger partial charge >= 0.3 is 0 Å². The number of anilines is 1. The van der Waals surface area contributed by atoms with Crippen LogP contribution in [0.1, 0.15) is 31.0 Å². The zero-order valence-electron chi connectivity index (χ0n) is 12.6. The summed E-state index contributed by atoms with van der Waals surface area (Å²) in [5, 5.41) is 6.86. The number of likely N-dealkylation sites (tertiary alicyclic amines) is 1. The molecule has 4 heteroatoms. The van der Waals surface area contributed by atoms with Gasteiger partial charge in [-0.3, -0.25) is 4.90 Å². The van der Waals surface area contributed by atoms with Crippen LogP contribution < -0.4 is 5.32 Å². The first-order chi connectivity index (χ1) is 10.3. The predicted octanol–water partition coefficient (Wildman–Crippen LogP) is 3.78. The minimum absolute atomic E-state index is 0.526. The topological polar surface area (TPSA) is 28.2 Å². The van der Waals surface area contributed by atoms with Crippen LogP contribution in [0.25, 0.3) is 0 Å². The van der Waals surface area contributed by atoms with E-state index in [1.807, 2.05) is 0 Å². The Morgan fingerprint density at radius 2 is 2.19 bits per heavy atom. The summed E-state index contributed by atoms with van der Waals surface area (Å²) < 4.78 is 0. The molecule has 0 amide bonds. The second-order valence-corrected chi connectivity index (χ2v) is 6.56. The number of piperidine rings is 1. The summed E-state index contributed by atoms with van der Waals surface area (Å²) in [6.45, 7) is 5.51. The number of aryl methyl sites for hydroxylation is 1. The van der Waals surface area contributed by atoms with Crippen molar-refractivity contribution in [3.05, 3.63) is 47.0 Å². The Labute approximate surface area is 131 Å². The van der Waals surface area contributed by atoms with E-state index in [1.165, 1.54) is 30.6 Å². The van der Waals surface area contributed by atoms with Crippen LogP contribution in [0.5, 0.6) is 0 Å². The molecule has 3 rings (SSSR count). The maximum atomic E-state index is 4.62. The molecular formula is C17H23N3S. The zero-order valence-corrected chi connectivity index (χ0v) is 13.4. The molecule has 1 saturated heterocycles. The molecule has 0 spiro atoms. The highest BCUT2D eigenvalue weighted by Crippen LogP contribution is 2.21. The van der Waals surface area contributed by atoms with Gasteiger partial charge in [-0.15, -0.1) is 11.3 Å². The van der Waals surface area contributed by atoms with E-state index in [1.54, 1.807) is 11.3 Å². The second-order valence-electron chi connectivity index (χ2n) is 5.70. The Hall–Kier alpha value is -1.39. The fraction of sp³-hybridized carbons (Fsp3) is 0.471. The van der Waals surface area contributed by atoms with E-state index in [4.69, 9.17) is 0 Å². The zero-order chi connectivity index (χ0) is 14.5. The first-order valence-corrected chi connectivity index (χ1v) is 8.68. The third kappa shape index (κ3) is 4.05. The van der Waals surface area contributed by atoms with Gasteiger partial charge in [0.15, 0.2) is 5.13 Å². The predicted molar refractivity (Wildman–Crippen MR) is 89.9 cm³/mol. The minimum Gasteiger partial charge on any atom is -0.357 e. The van der Waals surface area contributed by atoms with Crippen LogP contribution in [-0.4, -0.2) is 29.0 Å². The van der Waals surface area contributed by atoms with E-state index >= 15 is 0 Å². The lowest BCUT2D eigenvalue weighted by Gasteiger charge is -2.33. The van der Waals surface area contributed by atoms with Crippen molar-refractivity contribution in [2.24, 2.45) is 0 Å². The van der Waals surface area contributed by atoms with Gasteiger partial charge in [0.2, 0.25) is 0 Å². The number of thiazole rings is 1. The highest BCUT2D eigenvalue weighted by molar-refractivity contribution is 7.13. The first kappa shape index (κ1) is 14.5. The Balaban J connectivity index is 1.55. The molecule has 1 fully saturated rings. The molecular weight excluding hydrogens is 278 g/mol. The monoisotopic (exact) mass is 301 g/mol. The van der Waals surface area contributed by atoms with Crippen LogP contribution in [0.2, 0.25) is 0 Å². The van der Waals surface area contributed by atoms with Crippen LogP contribution in [0.15, 0.2) is 35.7 Å². The number of aromatic nitrogens is 1. The van der Waals surface area contributed by atoms with Crippen molar-refractivity contribution in [2.75, 3.05) is 18.4 Å². The molecule has 3 nitrogen and oxygen atoms in total. The molecule has 0 aliphatic carbocycles. The van der Waals surface area contributed by atoms with Gasteiger partial charge in [0.25, 0.3) is 0 Å². The number of hydrogen-bond acceptors (Lipinski definition) is 4.